The SMILES string of the molecule is CCSc1nc(N2C[C@@H]3C[C@H]2CN3C(=O)OC(C)(C)C)c2cc(C3CC3)c(Br)c(O[C@@H](C)c3ccccc3)c2n1. The van der Waals surface area contributed by atoms with Gasteiger partial charge in [0.25, 0.3) is 0 Å². The molecule has 2 aromatic carbocycles. The van der Waals surface area contributed by atoms with Crippen molar-refractivity contribution in [2.24, 2.45) is 0 Å². The minimum absolute atomic E-state index is 0.110. The van der Waals surface area contributed by atoms with Gasteiger partial charge in [0, 0.05) is 18.5 Å². The zero-order valence-corrected chi connectivity index (χ0v) is 26.2. The molecule has 3 heterocycles. The maximum Gasteiger partial charge on any atom is 0.410 e. The van der Waals surface area contributed by atoms with Crippen LogP contribution in [0.3, 0.4) is 0 Å². The molecule has 9 heteroatoms. The molecular formula is C31H37BrN4O3S. The Kier molecular flexibility index (Phi) is 7.40. The first-order chi connectivity index (χ1) is 19.1. The van der Waals surface area contributed by atoms with Crippen LogP contribution in [0.5, 0.6) is 5.75 Å². The van der Waals surface area contributed by atoms with E-state index in [0.717, 1.165) is 56.4 Å². The minimum atomic E-state index is -0.506. The number of hydrogen-bond donors (Lipinski definition) is 0. The average Bonchev–Trinajstić information content (AvgIpc) is 3.55. The summed E-state index contributed by atoms with van der Waals surface area (Å²) in [4.78, 5) is 27.4. The zero-order valence-electron chi connectivity index (χ0n) is 23.8. The van der Waals surface area contributed by atoms with Crippen molar-refractivity contribution in [3.63, 3.8) is 0 Å². The van der Waals surface area contributed by atoms with E-state index in [0.29, 0.717) is 12.5 Å². The van der Waals surface area contributed by atoms with Gasteiger partial charge in [-0.15, -0.1) is 0 Å². The molecule has 1 saturated carbocycles. The molecular weight excluding hydrogens is 588 g/mol. The second kappa shape index (κ2) is 10.7. The van der Waals surface area contributed by atoms with Crippen LogP contribution < -0.4 is 9.64 Å². The van der Waals surface area contributed by atoms with Gasteiger partial charge in [0.05, 0.1) is 16.6 Å². The first-order valence-corrected chi connectivity index (χ1v) is 16.1. The number of anilines is 1. The molecule has 1 amide bonds. The van der Waals surface area contributed by atoms with Crippen molar-refractivity contribution in [1.82, 2.24) is 14.9 Å². The highest BCUT2D eigenvalue weighted by atomic mass is 79.9. The lowest BCUT2D eigenvalue weighted by Crippen LogP contribution is -2.50. The van der Waals surface area contributed by atoms with E-state index in [4.69, 9.17) is 19.4 Å². The monoisotopic (exact) mass is 624 g/mol. The van der Waals surface area contributed by atoms with Crippen molar-refractivity contribution in [3.05, 3.63) is 52.0 Å². The van der Waals surface area contributed by atoms with Crippen molar-refractivity contribution >= 4 is 50.5 Å². The molecule has 2 aliphatic heterocycles. The average molecular weight is 626 g/mol. The predicted molar refractivity (Wildman–Crippen MR) is 164 cm³/mol. The largest absolute Gasteiger partial charge is 0.483 e. The highest BCUT2D eigenvalue weighted by Crippen LogP contribution is 2.51. The molecule has 3 aromatic rings. The second-order valence-corrected chi connectivity index (χ2v) is 14.1. The van der Waals surface area contributed by atoms with Crippen molar-refractivity contribution in [2.45, 2.75) is 88.7 Å². The topological polar surface area (TPSA) is 67.8 Å². The van der Waals surface area contributed by atoms with Crippen LogP contribution in [0.25, 0.3) is 10.9 Å². The van der Waals surface area contributed by atoms with Crippen LogP contribution in [0.4, 0.5) is 10.6 Å². The van der Waals surface area contributed by atoms with E-state index in [1.54, 1.807) is 11.8 Å². The number of rotatable bonds is 7. The number of thioether (sulfide) groups is 1. The maximum atomic E-state index is 12.9. The summed E-state index contributed by atoms with van der Waals surface area (Å²) in [6.45, 7) is 11.3. The molecule has 2 saturated heterocycles. The Labute approximate surface area is 249 Å². The third-order valence-corrected chi connectivity index (χ3v) is 9.42. The van der Waals surface area contributed by atoms with Crippen LogP contribution in [0, 0.1) is 0 Å². The normalized spacial score (nSPS) is 21.2. The van der Waals surface area contributed by atoms with Crippen molar-refractivity contribution < 1.29 is 14.3 Å². The fourth-order valence-corrected chi connectivity index (χ4v) is 7.13. The van der Waals surface area contributed by atoms with Crippen LogP contribution in [0.1, 0.15) is 77.0 Å². The van der Waals surface area contributed by atoms with Crippen LogP contribution in [-0.4, -0.2) is 57.5 Å². The van der Waals surface area contributed by atoms with Crippen LogP contribution in [0.15, 0.2) is 46.0 Å². The summed E-state index contributed by atoms with van der Waals surface area (Å²) in [5.41, 5.74) is 2.72. The number of fused-ring (bicyclic) bond motifs is 3. The van der Waals surface area contributed by atoms with E-state index in [-0.39, 0.29) is 24.3 Å². The van der Waals surface area contributed by atoms with Crippen molar-refractivity contribution in [1.29, 1.82) is 0 Å². The molecule has 7 nitrogen and oxygen atoms in total. The number of carbonyl (C=O) groups excluding carboxylic acids is 1. The fourth-order valence-electron chi connectivity index (χ4n) is 5.85. The molecule has 0 unspecified atom stereocenters. The second-order valence-electron chi connectivity index (χ2n) is 12.0. The maximum absolute atomic E-state index is 12.9. The third-order valence-electron chi connectivity index (χ3n) is 7.87. The Bertz CT molecular complexity index is 1430. The molecule has 3 atom stereocenters. The Morgan fingerprint density at radius 3 is 2.52 bits per heavy atom. The standard InChI is InChI=1S/C31H37BrN4O3S/c1-6-40-29-33-26-24(28(34-29)35-16-22-14-21(35)17-36(22)30(37)39-31(3,4)5)15-23(20-12-13-20)25(32)27(26)38-18(2)19-10-8-7-9-11-19/h7-11,15,18,20-22H,6,12-14,16-17H2,1-5H3/t18-,21-,22-/m0/s1. The minimum Gasteiger partial charge on any atom is -0.483 e. The lowest BCUT2D eigenvalue weighted by molar-refractivity contribution is 0.0214. The Morgan fingerprint density at radius 2 is 1.90 bits per heavy atom. The lowest BCUT2D eigenvalue weighted by atomic mass is 10.1. The molecule has 0 spiro atoms. The van der Waals surface area contributed by atoms with Crippen molar-refractivity contribution in [3.8, 4) is 5.75 Å². The van der Waals surface area contributed by atoms with Crippen LogP contribution in [0.2, 0.25) is 0 Å². The Morgan fingerprint density at radius 1 is 1.15 bits per heavy atom. The van der Waals surface area contributed by atoms with E-state index in [2.05, 4.69) is 52.9 Å². The van der Waals surface area contributed by atoms with Gasteiger partial charge in [-0.3, -0.25) is 0 Å². The fraction of sp³-hybridized carbons (Fsp3) is 0.516. The van der Waals surface area contributed by atoms with Crippen molar-refractivity contribution in [2.75, 3.05) is 23.7 Å². The predicted octanol–water partition coefficient (Wildman–Crippen LogP) is 7.72. The van der Waals surface area contributed by atoms with E-state index < -0.39 is 5.60 Å². The summed E-state index contributed by atoms with van der Waals surface area (Å²) in [7, 11) is 0. The number of carbonyl (C=O) groups is 1. The van der Waals surface area contributed by atoms with Gasteiger partial charge in [0.1, 0.15) is 23.0 Å². The summed E-state index contributed by atoms with van der Waals surface area (Å²) in [6.07, 6.45) is 2.91. The number of ether oxygens (including phenoxy) is 2. The molecule has 40 heavy (non-hydrogen) atoms. The Balaban J connectivity index is 1.41. The van der Waals surface area contributed by atoms with Gasteiger partial charge < -0.3 is 19.3 Å². The first kappa shape index (κ1) is 27.6. The quantitative estimate of drug-likeness (QED) is 0.197. The van der Waals surface area contributed by atoms with Gasteiger partial charge in [-0.25, -0.2) is 14.8 Å². The van der Waals surface area contributed by atoms with Gasteiger partial charge in [-0.2, -0.15) is 0 Å². The molecule has 1 aromatic heterocycles. The summed E-state index contributed by atoms with van der Waals surface area (Å²) >= 11 is 5.58. The summed E-state index contributed by atoms with van der Waals surface area (Å²) in [5, 5.41) is 1.78. The smallest absolute Gasteiger partial charge is 0.410 e. The van der Waals surface area contributed by atoms with Gasteiger partial charge in [0.15, 0.2) is 10.9 Å². The van der Waals surface area contributed by atoms with E-state index in [1.807, 2.05) is 43.9 Å². The molecule has 2 bridgehead atoms. The number of benzene rings is 2. The van der Waals surface area contributed by atoms with E-state index >= 15 is 0 Å². The number of amides is 1. The molecule has 0 N–H and O–H groups in total. The third kappa shape index (κ3) is 5.39. The van der Waals surface area contributed by atoms with Gasteiger partial charge in [-0.1, -0.05) is 49.0 Å². The van der Waals surface area contributed by atoms with Gasteiger partial charge in [0.2, 0.25) is 0 Å². The highest BCUT2D eigenvalue weighted by molar-refractivity contribution is 9.10. The zero-order chi connectivity index (χ0) is 28.2. The summed E-state index contributed by atoms with van der Waals surface area (Å²) in [5.74, 6) is 3.13. The molecule has 0 radical (unpaired) electrons. The molecule has 212 valence electrons. The van der Waals surface area contributed by atoms with E-state index in [1.165, 1.54) is 18.4 Å². The van der Waals surface area contributed by atoms with E-state index in [9.17, 15) is 4.79 Å². The molecule has 3 fully saturated rings. The molecule has 1 aliphatic carbocycles. The molecule has 6 rings (SSSR count). The first-order valence-electron chi connectivity index (χ1n) is 14.3. The summed E-state index contributed by atoms with van der Waals surface area (Å²) < 4.78 is 13.4. The number of aromatic nitrogens is 2. The Hall–Kier alpha value is -2.52. The highest BCUT2D eigenvalue weighted by Gasteiger charge is 2.47. The van der Waals surface area contributed by atoms with Gasteiger partial charge >= 0.3 is 6.09 Å². The van der Waals surface area contributed by atoms with Gasteiger partial charge in [-0.05, 0) is 91.8 Å². The number of piperazine rings is 1. The molecule has 3 aliphatic rings. The number of hydrogen-bond acceptors (Lipinski definition) is 7. The lowest BCUT2D eigenvalue weighted by Gasteiger charge is -2.36. The van der Waals surface area contributed by atoms with Crippen LogP contribution >= 0.6 is 27.7 Å². The summed E-state index contributed by atoms with van der Waals surface area (Å²) in [6, 6.07) is 12.9. The number of likely N-dealkylation sites (tertiary alicyclic amines) is 1. The number of halogens is 1. The van der Waals surface area contributed by atoms with Crippen LogP contribution in [-0.2, 0) is 4.74 Å². The number of nitrogens with zero attached hydrogens (tertiary/aromatic N) is 4.